The highest BCUT2D eigenvalue weighted by Crippen LogP contribution is 2.23. The van der Waals surface area contributed by atoms with Crippen LogP contribution in [0.15, 0.2) is 48.5 Å². The summed E-state index contributed by atoms with van der Waals surface area (Å²) in [6.45, 7) is 2.11. The van der Waals surface area contributed by atoms with Gasteiger partial charge in [0.25, 0.3) is 0 Å². The zero-order chi connectivity index (χ0) is 13.9. The van der Waals surface area contributed by atoms with Crippen molar-refractivity contribution in [3.05, 3.63) is 54.1 Å². The number of nitrogen functional groups attached to an aromatic ring is 1. The average Bonchev–Trinajstić information content (AvgIpc) is 2.96. The van der Waals surface area contributed by atoms with E-state index in [1.807, 2.05) is 42.5 Å². The minimum Gasteiger partial charge on any atom is -0.399 e. The van der Waals surface area contributed by atoms with Crippen LogP contribution in [-0.2, 0) is 6.42 Å². The highest BCUT2D eigenvalue weighted by Gasteiger charge is 2.12. The minimum absolute atomic E-state index is 0.693. The maximum absolute atomic E-state index is 5.83. The number of nitrogens with zero attached hydrogens (tertiary/aromatic N) is 4. The van der Waals surface area contributed by atoms with Gasteiger partial charge < -0.3 is 5.73 Å². The summed E-state index contributed by atoms with van der Waals surface area (Å²) in [5.41, 5.74) is 9.63. The van der Waals surface area contributed by atoms with E-state index < -0.39 is 0 Å². The summed E-state index contributed by atoms with van der Waals surface area (Å²) in [5.74, 6) is 0.693. The van der Waals surface area contributed by atoms with Crippen LogP contribution in [0.2, 0.25) is 0 Å². The van der Waals surface area contributed by atoms with Crippen LogP contribution >= 0.6 is 0 Å². The van der Waals surface area contributed by atoms with Gasteiger partial charge in [0.15, 0.2) is 5.82 Å². The first kappa shape index (κ1) is 12.3. The smallest absolute Gasteiger partial charge is 0.187 e. The number of anilines is 1. The second kappa shape index (κ2) is 5.13. The molecule has 2 N–H and O–H groups in total. The Morgan fingerprint density at radius 1 is 1.10 bits per heavy atom. The lowest BCUT2D eigenvalue weighted by Crippen LogP contribution is -2.03. The van der Waals surface area contributed by atoms with Crippen molar-refractivity contribution >= 4 is 5.69 Å². The SMILES string of the molecule is CCc1ccccc1-n1nnnc1-c1cccc(N)c1. The van der Waals surface area contributed by atoms with E-state index in [0.717, 1.165) is 17.7 Å². The first-order valence-electron chi connectivity index (χ1n) is 6.52. The zero-order valence-corrected chi connectivity index (χ0v) is 11.2. The van der Waals surface area contributed by atoms with E-state index >= 15 is 0 Å². The molecule has 0 saturated heterocycles. The van der Waals surface area contributed by atoms with E-state index in [1.165, 1.54) is 5.56 Å². The largest absolute Gasteiger partial charge is 0.399 e. The molecule has 0 bridgehead atoms. The average molecular weight is 265 g/mol. The molecule has 0 saturated carbocycles. The Bertz CT molecular complexity index is 732. The highest BCUT2D eigenvalue weighted by molar-refractivity contribution is 5.62. The second-order valence-electron chi connectivity index (χ2n) is 4.52. The Hall–Kier alpha value is -2.69. The molecule has 3 aromatic rings. The van der Waals surface area contributed by atoms with Crippen LogP contribution in [0.3, 0.4) is 0 Å². The van der Waals surface area contributed by atoms with Crippen LogP contribution in [0.4, 0.5) is 5.69 Å². The fourth-order valence-electron chi connectivity index (χ4n) is 2.22. The number of hydrogen-bond acceptors (Lipinski definition) is 4. The maximum atomic E-state index is 5.83. The van der Waals surface area contributed by atoms with Gasteiger partial charge in [-0.3, -0.25) is 0 Å². The zero-order valence-electron chi connectivity index (χ0n) is 11.2. The topological polar surface area (TPSA) is 69.6 Å². The molecule has 3 rings (SSSR count). The van der Waals surface area contributed by atoms with E-state index in [9.17, 15) is 0 Å². The van der Waals surface area contributed by atoms with Gasteiger partial charge in [0.2, 0.25) is 0 Å². The van der Waals surface area contributed by atoms with Crippen LogP contribution in [-0.4, -0.2) is 20.2 Å². The Labute approximate surface area is 117 Å². The fourth-order valence-corrected chi connectivity index (χ4v) is 2.22. The van der Waals surface area contributed by atoms with Gasteiger partial charge in [0, 0.05) is 11.3 Å². The molecule has 20 heavy (non-hydrogen) atoms. The van der Waals surface area contributed by atoms with Gasteiger partial charge in [-0.25, -0.2) is 0 Å². The first-order chi connectivity index (χ1) is 9.79. The molecule has 0 amide bonds. The third-order valence-electron chi connectivity index (χ3n) is 3.22. The van der Waals surface area contributed by atoms with Gasteiger partial charge in [0.05, 0.1) is 5.69 Å². The molecule has 0 radical (unpaired) electrons. The Morgan fingerprint density at radius 3 is 2.75 bits per heavy atom. The second-order valence-corrected chi connectivity index (χ2v) is 4.52. The molecule has 0 atom stereocenters. The van der Waals surface area contributed by atoms with Gasteiger partial charge >= 0.3 is 0 Å². The van der Waals surface area contributed by atoms with E-state index in [-0.39, 0.29) is 0 Å². The molecule has 0 aliphatic rings. The van der Waals surface area contributed by atoms with Crippen molar-refractivity contribution in [3.63, 3.8) is 0 Å². The van der Waals surface area contributed by atoms with Crippen LogP contribution in [0.25, 0.3) is 17.1 Å². The quantitative estimate of drug-likeness (QED) is 0.739. The summed E-state index contributed by atoms with van der Waals surface area (Å²) in [5, 5.41) is 12.0. The third kappa shape index (κ3) is 2.14. The summed E-state index contributed by atoms with van der Waals surface area (Å²) in [7, 11) is 0. The highest BCUT2D eigenvalue weighted by atomic mass is 15.5. The van der Waals surface area contributed by atoms with Gasteiger partial charge in [-0.2, -0.15) is 4.68 Å². The lowest BCUT2D eigenvalue weighted by molar-refractivity contribution is 0.783. The number of nitrogens with two attached hydrogens (primary N) is 1. The van der Waals surface area contributed by atoms with E-state index in [2.05, 4.69) is 28.5 Å². The van der Waals surface area contributed by atoms with E-state index in [1.54, 1.807) is 4.68 Å². The number of aromatic nitrogens is 4. The number of rotatable bonds is 3. The molecule has 0 spiro atoms. The van der Waals surface area contributed by atoms with Crippen LogP contribution < -0.4 is 5.73 Å². The first-order valence-corrected chi connectivity index (χ1v) is 6.52. The van der Waals surface area contributed by atoms with Crippen LogP contribution in [0.5, 0.6) is 0 Å². The molecule has 0 aliphatic heterocycles. The van der Waals surface area contributed by atoms with E-state index in [0.29, 0.717) is 11.5 Å². The number of benzene rings is 2. The van der Waals surface area contributed by atoms with Crippen molar-refractivity contribution in [1.82, 2.24) is 20.2 Å². The van der Waals surface area contributed by atoms with Gasteiger partial charge in [0.1, 0.15) is 0 Å². The lowest BCUT2D eigenvalue weighted by Gasteiger charge is -2.09. The minimum atomic E-state index is 0.693. The van der Waals surface area contributed by atoms with Crippen molar-refractivity contribution in [3.8, 4) is 17.1 Å². The predicted octanol–water partition coefficient (Wildman–Crippen LogP) is 2.47. The molecule has 2 aromatic carbocycles. The van der Waals surface area contributed by atoms with Gasteiger partial charge in [-0.05, 0) is 40.6 Å². The van der Waals surface area contributed by atoms with Crippen molar-refractivity contribution in [2.24, 2.45) is 0 Å². The summed E-state index contributed by atoms with van der Waals surface area (Å²) in [4.78, 5) is 0. The van der Waals surface area contributed by atoms with Crippen molar-refractivity contribution in [1.29, 1.82) is 0 Å². The van der Waals surface area contributed by atoms with Crippen molar-refractivity contribution < 1.29 is 0 Å². The Kier molecular flexibility index (Phi) is 3.16. The molecule has 0 aliphatic carbocycles. The number of aryl methyl sites for hydroxylation is 1. The lowest BCUT2D eigenvalue weighted by atomic mass is 10.1. The van der Waals surface area contributed by atoms with E-state index in [4.69, 9.17) is 5.73 Å². The summed E-state index contributed by atoms with van der Waals surface area (Å²) in [6.07, 6.45) is 0.923. The van der Waals surface area contributed by atoms with Crippen molar-refractivity contribution in [2.75, 3.05) is 5.73 Å². The van der Waals surface area contributed by atoms with Crippen LogP contribution in [0.1, 0.15) is 12.5 Å². The maximum Gasteiger partial charge on any atom is 0.187 e. The predicted molar refractivity (Wildman–Crippen MR) is 78.4 cm³/mol. The number of hydrogen-bond donors (Lipinski definition) is 1. The molecule has 100 valence electrons. The molecule has 0 fully saturated rings. The molecule has 5 heteroatoms. The number of para-hydroxylation sites is 1. The Morgan fingerprint density at radius 2 is 1.95 bits per heavy atom. The fraction of sp³-hybridized carbons (Fsp3) is 0.133. The molecular formula is C15H15N5. The summed E-state index contributed by atoms with van der Waals surface area (Å²) in [6, 6.07) is 15.7. The summed E-state index contributed by atoms with van der Waals surface area (Å²) < 4.78 is 1.76. The van der Waals surface area contributed by atoms with Gasteiger partial charge in [-0.15, -0.1) is 5.10 Å². The standard InChI is InChI=1S/C15H15N5/c1-2-11-6-3-4-9-14(11)20-15(17-18-19-20)12-7-5-8-13(16)10-12/h3-10H,2,16H2,1H3. The van der Waals surface area contributed by atoms with Gasteiger partial charge in [-0.1, -0.05) is 37.3 Å². The van der Waals surface area contributed by atoms with Crippen LogP contribution in [0, 0.1) is 0 Å². The summed E-state index contributed by atoms with van der Waals surface area (Å²) >= 11 is 0. The molecular weight excluding hydrogens is 250 g/mol. The normalized spacial score (nSPS) is 10.7. The molecule has 5 nitrogen and oxygen atoms in total. The van der Waals surface area contributed by atoms with Crippen molar-refractivity contribution in [2.45, 2.75) is 13.3 Å². The molecule has 1 aromatic heterocycles. The monoisotopic (exact) mass is 265 g/mol. The third-order valence-corrected chi connectivity index (χ3v) is 3.22. The molecule has 0 unspecified atom stereocenters. The Balaban J connectivity index is 2.15. The number of tetrazole rings is 1. The molecule has 1 heterocycles.